The number of benzene rings is 2. The van der Waals surface area contributed by atoms with Gasteiger partial charge >= 0.3 is 6.18 Å². The number of ether oxygens (including phenoxy) is 1. The monoisotopic (exact) mass is 487 g/mol. The van der Waals surface area contributed by atoms with Gasteiger partial charge in [-0.15, -0.1) is 0 Å². The summed E-state index contributed by atoms with van der Waals surface area (Å²) in [5.74, 6) is -1.38. The number of anilines is 3. The number of carbonyl (C=O) groups excluding carboxylic acids is 3. The maximum absolute atomic E-state index is 13.7. The molecule has 3 amide bonds. The van der Waals surface area contributed by atoms with Gasteiger partial charge in [-0.3, -0.25) is 14.4 Å². The van der Waals surface area contributed by atoms with Gasteiger partial charge in [-0.1, -0.05) is 12.1 Å². The van der Waals surface area contributed by atoms with Crippen molar-refractivity contribution in [2.45, 2.75) is 25.6 Å². The second kappa shape index (κ2) is 9.53. The third kappa shape index (κ3) is 5.29. The first-order valence-electron chi connectivity index (χ1n) is 10.6. The quantitative estimate of drug-likeness (QED) is 0.525. The van der Waals surface area contributed by atoms with Gasteiger partial charge < -0.3 is 24.7 Å². The van der Waals surface area contributed by atoms with Crippen molar-refractivity contribution in [2.75, 3.05) is 22.1 Å². The van der Waals surface area contributed by atoms with Crippen molar-refractivity contribution >= 4 is 34.8 Å². The molecule has 1 aliphatic heterocycles. The summed E-state index contributed by atoms with van der Waals surface area (Å²) in [5.41, 5.74) is -1.25. The van der Waals surface area contributed by atoms with Crippen LogP contribution in [0, 0.1) is 0 Å². The number of hydrogen-bond donors (Lipinski definition) is 2. The van der Waals surface area contributed by atoms with Gasteiger partial charge in [0, 0.05) is 18.7 Å². The van der Waals surface area contributed by atoms with Crippen LogP contribution in [-0.4, -0.2) is 30.4 Å². The van der Waals surface area contributed by atoms with E-state index >= 15 is 0 Å². The third-order valence-electron chi connectivity index (χ3n) is 5.24. The minimum atomic E-state index is -4.80. The summed E-state index contributed by atoms with van der Waals surface area (Å²) >= 11 is 0. The topological polar surface area (TPSA) is 101 Å². The molecule has 0 fully saturated rings. The zero-order valence-corrected chi connectivity index (χ0v) is 18.4. The molecular weight excluding hydrogens is 467 g/mol. The molecule has 2 N–H and O–H groups in total. The Hall–Kier alpha value is -4.28. The molecule has 2 aromatic carbocycles. The number of hydrogen-bond acceptors (Lipinski definition) is 5. The molecule has 2 heterocycles. The van der Waals surface area contributed by atoms with E-state index in [1.165, 1.54) is 29.4 Å². The second-order valence-electron chi connectivity index (χ2n) is 7.71. The minimum absolute atomic E-state index is 0.0476. The van der Waals surface area contributed by atoms with Crippen LogP contribution < -0.4 is 20.3 Å². The Balaban J connectivity index is 1.47. The largest absolute Gasteiger partial charge is 0.479 e. The Morgan fingerprint density at radius 2 is 1.83 bits per heavy atom. The highest BCUT2D eigenvalue weighted by molar-refractivity contribution is 6.03. The lowest BCUT2D eigenvalue weighted by Gasteiger charge is -2.32. The summed E-state index contributed by atoms with van der Waals surface area (Å²) in [6, 6.07) is 12.6. The predicted molar refractivity (Wildman–Crippen MR) is 120 cm³/mol. The molecule has 3 aromatic rings. The van der Waals surface area contributed by atoms with E-state index in [0.717, 1.165) is 12.1 Å². The summed E-state index contributed by atoms with van der Waals surface area (Å²) in [4.78, 5) is 38.5. The van der Waals surface area contributed by atoms with Crippen LogP contribution in [0.4, 0.5) is 30.2 Å². The maximum Gasteiger partial charge on any atom is 0.418 e. The van der Waals surface area contributed by atoms with Crippen molar-refractivity contribution in [3.05, 3.63) is 72.2 Å². The number of amides is 3. The van der Waals surface area contributed by atoms with Crippen LogP contribution in [0.25, 0.3) is 0 Å². The molecular formula is C24H20F3N3O5. The highest BCUT2D eigenvalue weighted by Crippen LogP contribution is 2.37. The van der Waals surface area contributed by atoms with Crippen molar-refractivity contribution in [3.8, 4) is 5.75 Å². The zero-order valence-electron chi connectivity index (χ0n) is 18.4. The molecule has 0 radical (unpaired) electrons. The predicted octanol–water partition coefficient (Wildman–Crippen LogP) is 4.69. The van der Waals surface area contributed by atoms with Crippen molar-refractivity contribution < 1.29 is 36.7 Å². The van der Waals surface area contributed by atoms with Gasteiger partial charge in [0.05, 0.1) is 23.2 Å². The van der Waals surface area contributed by atoms with Gasteiger partial charge in [0.1, 0.15) is 5.75 Å². The van der Waals surface area contributed by atoms with Gasteiger partial charge in [-0.05, 0) is 49.4 Å². The van der Waals surface area contributed by atoms with E-state index in [-0.39, 0.29) is 30.3 Å². The molecule has 0 aliphatic carbocycles. The summed E-state index contributed by atoms with van der Waals surface area (Å²) in [6.45, 7) is 1.53. The van der Waals surface area contributed by atoms with Crippen LogP contribution in [0.5, 0.6) is 5.75 Å². The fourth-order valence-corrected chi connectivity index (χ4v) is 3.58. The van der Waals surface area contributed by atoms with E-state index < -0.39 is 35.3 Å². The molecule has 1 unspecified atom stereocenters. The van der Waals surface area contributed by atoms with Crippen LogP contribution in [0.3, 0.4) is 0 Å². The van der Waals surface area contributed by atoms with E-state index in [1.807, 2.05) is 0 Å². The summed E-state index contributed by atoms with van der Waals surface area (Å²) in [5, 5.41) is 4.58. The number of nitrogens with one attached hydrogen (secondary N) is 2. The first-order valence-corrected chi connectivity index (χ1v) is 10.6. The Morgan fingerprint density at radius 3 is 2.54 bits per heavy atom. The molecule has 0 spiro atoms. The van der Waals surface area contributed by atoms with Crippen LogP contribution in [0.2, 0.25) is 0 Å². The van der Waals surface area contributed by atoms with Gasteiger partial charge in [0.2, 0.25) is 5.91 Å². The van der Waals surface area contributed by atoms with E-state index in [2.05, 4.69) is 10.6 Å². The number of halogens is 3. The number of furan rings is 1. The van der Waals surface area contributed by atoms with Gasteiger partial charge in [0.25, 0.3) is 11.8 Å². The molecule has 182 valence electrons. The number of alkyl halides is 3. The maximum atomic E-state index is 13.7. The van der Waals surface area contributed by atoms with E-state index in [4.69, 9.17) is 9.15 Å². The number of para-hydroxylation sites is 2. The Kier molecular flexibility index (Phi) is 6.50. The minimum Gasteiger partial charge on any atom is -0.479 e. The van der Waals surface area contributed by atoms with Gasteiger partial charge in [-0.25, -0.2) is 0 Å². The molecule has 8 nitrogen and oxygen atoms in total. The number of carbonyl (C=O) groups is 3. The van der Waals surface area contributed by atoms with Gasteiger partial charge in [0.15, 0.2) is 11.9 Å². The molecule has 35 heavy (non-hydrogen) atoms. The highest BCUT2D eigenvalue weighted by atomic mass is 19.4. The van der Waals surface area contributed by atoms with Crippen molar-refractivity contribution in [1.82, 2.24) is 0 Å². The molecule has 11 heteroatoms. The van der Waals surface area contributed by atoms with Crippen LogP contribution in [0.1, 0.15) is 29.5 Å². The molecule has 0 saturated carbocycles. The first kappa shape index (κ1) is 23.9. The molecule has 1 aromatic heterocycles. The number of nitrogens with zero attached hydrogens (tertiary/aromatic N) is 1. The zero-order chi connectivity index (χ0) is 25.2. The normalized spacial score (nSPS) is 15.3. The Labute approximate surface area is 197 Å². The van der Waals surface area contributed by atoms with E-state index in [9.17, 15) is 27.6 Å². The van der Waals surface area contributed by atoms with Crippen molar-refractivity contribution in [2.24, 2.45) is 0 Å². The molecule has 1 aliphatic rings. The van der Waals surface area contributed by atoms with Crippen molar-refractivity contribution in [3.63, 3.8) is 0 Å². The third-order valence-corrected chi connectivity index (χ3v) is 5.24. The van der Waals surface area contributed by atoms with E-state index in [0.29, 0.717) is 11.4 Å². The lowest BCUT2D eigenvalue weighted by molar-refractivity contribution is -0.137. The average Bonchev–Trinajstić information content (AvgIpc) is 3.35. The lowest BCUT2D eigenvalue weighted by Crippen LogP contribution is -2.45. The Bertz CT molecular complexity index is 1260. The van der Waals surface area contributed by atoms with Crippen LogP contribution >= 0.6 is 0 Å². The molecule has 0 bridgehead atoms. The molecule has 1 atom stereocenters. The van der Waals surface area contributed by atoms with Gasteiger partial charge in [-0.2, -0.15) is 13.2 Å². The fourth-order valence-electron chi connectivity index (χ4n) is 3.58. The number of fused-ring (bicyclic) bond motifs is 1. The van der Waals surface area contributed by atoms with Crippen LogP contribution in [0.15, 0.2) is 65.3 Å². The lowest BCUT2D eigenvalue weighted by atomic mass is 10.1. The highest BCUT2D eigenvalue weighted by Gasteiger charge is 2.35. The van der Waals surface area contributed by atoms with Crippen LogP contribution in [-0.2, 0) is 15.8 Å². The van der Waals surface area contributed by atoms with Crippen molar-refractivity contribution in [1.29, 1.82) is 0 Å². The van der Waals surface area contributed by atoms with E-state index in [1.54, 1.807) is 31.2 Å². The second-order valence-corrected chi connectivity index (χ2v) is 7.71. The summed E-state index contributed by atoms with van der Waals surface area (Å²) in [7, 11) is 0. The SMILES string of the molecule is CC1Oc2ccccc2N(CCC(=O)Nc2ccc(NC(=O)c3ccco3)cc2C(F)(F)F)C1=O. The smallest absolute Gasteiger partial charge is 0.418 e. The summed E-state index contributed by atoms with van der Waals surface area (Å²) in [6.07, 6.45) is -4.55. The Morgan fingerprint density at radius 1 is 1.06 bits per heavy atom. The average molecular weight is 487 g/mol. The standard InChI is InChI=1S/C24H20F3N3O5/c1-14-23(33)30(18-5-2-3-6-19(18)35-14)11-10-21(31)29-17-9-8-15(13-16(17)24(25,26)27)28-22(32)20-7-4-12-34-20/h2-9,12-14H,10-11H2,1H3,(H,28,32)(H,29,31). The first-order chi connectivity index (χ1) is 16.6. The summed E-state index contributed by atoms with van der Waals surface area (Å²) < 4.78 is 51.5. The number of rotatable bonds is 6. The fraction of sp³-hybridized carbons (Fsp3) is 0.208. The molecule has 4 rings (SSSR count). The molecule has 0 saturated heterocycles.